The van der Waals surface area contributed by atoms with Crippen LogP contribution in [0.25, 0.3) is 0 Å². The Kier molecular flexibility index (Phi) is 3.73. The molecule has 1 rings (SSSR count). The first-order chi connectivity index (χ1) is 6.61. The second kappa shape index (κ2) is 4.83. The number of anilines is 1. The molecule has 0 aliphatic heterocycles. The summed E-state index contributed by atoms with van der Waals surface area (Å²) >= 11 is 11.0. The fourth-order valence-corrected chi connectivity index (χ4v) is 0.929. The number of carboxylic acid groups (broad SMARTS) is 1. The Hall–Kier alpha value is -1.26. The molecular weight excluding hydrogens is 227 g/mol. The maximum atomic E-state index is 10.3. The van der Waals surface area contributed by atoms with Crippen molar-refractivity contribution in [1.29, 1.82) is 0 Å². The average molecular weight is 233 g/mol. The highest BCUT2D eigenvalue weighted by Crippen LogP contribution is 2.20. The van der Waals surface area contributed by atoms with Gasteiger partial charge in [-0.25, -0.2) is 4.79 Å². The summed E-state index contributed by atoms with van der Waals surface area (Å²) in [5.74, 6) is -1.30. The van der Waals surface area contributed by atoms with E-state index in [1.54, 1.807) is 24.3 Å². The van der Waals surface area contributed by atoms with Crippen LogP contribution in [0.1, 0.15) is 0 Å². The van der Waals surface area contributed by atoms with Gasteiger partial charge in [0.05, 0.1) is 10.7 Å². The zero-order chi connectivity index (χ0) is 10.6. The highest BCUT2D eigenvalue weighted by Gasteiger charge is 2.04. The van der Waals surface area contributed by atoms with Crippen molar-refractivity contribution >= 4 is 40.0 Å². The molecule has 0 radical (unpaired) electrons. The maximum absolute atomic E-state index is 10.3. The molecular formula is C8H6Cl2N2O2. The summed E-state index contributed by atoms with van der Waals surface area (Å²) < 4.78 is 0. The highest BCUT2D eigenvalue weighted by molar-refractivity contribution is 6.81. The maximum Gasteiger partial charge on any atom is 0.368 e. The molecule has 0 saturated carbocycles. The van der Waals surface area contributed by atoms with E-state index < -0.39 is 11.1 Å². The van der Waals surface area contributed by atoms with Crippen LogP contribution in [0.2, 0.25) is 5.02 Å². The zero-order valence-electron chi connectivity index (χ0n) is 6.87. The summed E-state index contributed by atoms with van der Waals surface area (Å²) in [6.07, 6.45) is 0. The van der Waals surface area contributed by atoms with Gasteiger partial charge in [0.2, 0.25) is 5.17 Å². The monoisotopic (exact) mass is 232 g/mol. The Balaban J connectivity index is 2.76. The zero-order valence-corrected chi connectivity index (χ0v) is 8.38. The summed E-state index contributed by atoms with van der Waals surface area (Å²) in [5, 5.41) is 11.7. The van der Waals surface area contributed by atoms with Crippen LogP contribution >= 0.6 is 23.2 Å². The van der Waals surface area contributed by atoms with Crippen LogP contribution in [0.5, 0.6) is 0 Å². The summed E-state index contributed by atoms with van der Waals surface area (Å²) in [6.45, 7) is 0. The van der Waals surface area contributed by atoms with Gasteiger partial charge in [-0.1, -0.05) is 35.3 Å². The van der Waals surface area contributed by atoms with E-state index in [4.69, 9.17) is 28.3 Å². The number of para-hydroxylation sites is 1. The molecule has 0 bridgehead atoms. The lowest BCUT2D eigenvalue weighted by Crippen LogP contribution is -2.07. The van der Waals surface area contributed by atoms with Crippen LogP contribution in [-0.4, -0.2) is 16.2 Å². The van der Waals surface area contributed by atoms with Crippen molar-refractivity contribution in [3.05, 3.63) is 29.3 Å². The van der Waals surface area contributed by atoms with Crippen LogP contribution in [0.4, 0.5) is 5.69 Å². The molecule has 0 saturated heterocycles. The molecule has 74 valence electrons. The normalized spacial score (nSPS) is 11.1. The van der Waals surface area contributed by atoms with E-state index in [0.29, 0.717) is 10.7 Å². The van der Waals surface area contributed by atoms with Gasteiger partial charge in [0.1, 0.15) is 0 Å². The first-order valence-electron chi connectivity index (χ1n) is 3.58. The molecule has 2 N–H and O–H groups in total. The van der Waals surface area contributed by atoms with Gasteiger partial charge >= 0.3 is 5.97 Å². The lowest BCUT2D eigenvalue weighted by Gasteiger charge is -2.01. The van der Waals surface area contributed by atoms with E-state index in [9.17, 15) is 4.79 Å². The Morgan fingerprint density at radius 3 is 2.64 bits per heavy atom. The molecule has 1 aromatic carbocycles. The number of nitrogens with one attached hydrogen (secondary N) is 1. The lowest BCUT2D eigenvalue weighted by molar-refractivity contribution is -0.129. The summed E-state index contributed by atoms with van der Waals surface area (Å²) in [7, 11) is 0. The van der Waals surface area contributed by atoms with Gasteiger partial charge in [0, 0.05) is 0 Å². The number of carbonyl (C=O) groups is 1. The minimum absolute atomic E-state index is 0.436. The third kappa shape index (κ3) is 2.90. The van der Waals surface area contributed by atoms with Gasteiger partial charge in [0.15, 0.2) is 0 Å². The summed E-state index contributed by atoms with van der Waals surface area (Å²) in [5.41, 5.74) is 2.93. The van der Waals surface area contributed by atoms with Crippen molar-refractivity contribution in [2.24, 2.45) is 5.10 Å². The van der Waals surface area contributed by atoms with Gasteiger partial charge < -0.3 is 5.11 Å². The Labute approximate surface area is 90.1 Å². The fraction of sp³-hybridized carbons (Fsp3) is 0. The Bertz CT molecular complexity index is 379. The topological polar surface area (TPSA) is 61.7 Å². The molecule has 0 spiro atoms. The van der Waals surface area contributed by atoms with Crippen molar-refractivity contribution in [3.8, 4) is 0 Å². The van der Waals surface area contributed by atoms with Crippen LogP contribution < -0.4 is 5.43 Å². The van der Waals surface area contributed by atoms with Gasteiger partial charge in [0.25, 0.3) is 0 Å². The van der Waals surface area contributed by atoms with Crippen molar-refractivity contribution in [2.45, 2.75) is 0 Å². The largest absolute Gasteiger partial charge is 0.476 e. The van der Waals surface area contributed by atoms with E-state index in [2.05, 4.69) is 10.5 Å². The molecule has 4 nitrogen and oxygen atoms in total. The predicted octanol–water partition coefficient (Wildman–Crippen LogP) is 2.39. The van der Waals surface area contributed by atoms with Crippen molar-refractivity contribution in [1.82, 2.24) is 0 Å². The minimum atomic E-state index is -1.30. The molecule has 0 heterocycles. The van der Waals surface area contributed by atoms with Crippen LogP contribution in [0.3, 0.4) is 0 Å². The van der Waals surface area contributed by atoms with Crippen molar-refractivity contribution < 1.29 is 9.90 Å². The van der Waals surface area contributed by atoms with E-state index >= 15 is 0 Å². The number of aliphatic carboxylic acids is 1. The Morgan fingerprint density at radius 2 is 2.07 bits per heavy atom. The molecule has 14 heavy (non-hydrogen) atoms. The van der Waals surface area contributed by atoms with E-state index in [1.807, 2.05) is 0 Å². The molecule has 0 amide bonds. The number of nitrogens with zero attached hydrogens (tertiary/aromatic N) is 1. The number of rotatable bonds is 3. The number of carboxylic acids is 1. The van der Waals surface area contributed by atoms with E-state index in [0.717, 1.165) is 0 Å². The fourth-order valence-electron chi connectivity index (χ4n) is 0.709. The number of benzene rings is 1. The highest BCUT2D eigenvalue weighted by atomic mass is 35.5. The molecule has 0 unspecified atom stereocenters. The standard InChI is InChI=1S/C8H6Cl2N2O2/c9-5-3-1-2-4-6(5)11-12-7(10)8(13)14/h1-4,11H,(H,13,14). The predicted molar refractivity (Wildman–Crippen MR) is 56.0 cm³/mol. The van der Waals surface area contributed by atoms with Gasteiger partial charge in [-0.05, 0) is 12.1 Å². The number of hydrogen-bond donors (Lipinski definition) is 2. The average Bonchev–Trinajstić information content (AvgIpc) is 2.16. The third-order valence-corrected chi connectivity index (χ3v) is 1.90. The second-order valence-electron chi connectivity index (χ2n) is 2.30. The third-order valence-electron chi connectivity index (χ3n) is 1.32. The quantitative estimate of drug-likeness (QED) is 0.622. The second-order valence-corrected chi connectivity index (χ2v) is 3.06. The van der Waals surface area contributed by atoms with Crippen molar-refractivity contribution in [2.75, 3.05) is 5.43 Å². The van der Waals surface area contributed by atoms with Crippen molar-refractivity contribution in [3.63, 3.8) is 0 Å². The minimum Gasteiger partial charge on any atom is -0.476 e. The molecule has 6 heteroatoms. The lowest BCUT2D eigenvalue weighted by atomic mass is 10.3. The van der Waals surface area contributed by atoms with E-state index in [-0.39, 0.29) is 0 Å². The number of hydrazone groups is 1. The first-order valence-corrected chi connectivity index (χ1v) is 4.34. The van der Waals surface area contributed by atoms with Crippen LogP contribution in [0, 0.1) is 0 Å². The molecule has 0 atom stereocenters. The van der Waals surface area contributed by atoms with Crippen LogP contribution in [-0.2, 0) is 4.79 Å². The molecule has 0 aromatic heterocycles. The molecule has 0 aliphatic rings. The number of hydrogen-bond acceptors (Lipinski definition) is 3. The van der Waals surface area contributed by atoms with Gasteiger partial charge in [-0.3, -0.25) is 5.43 Å². The van der Waals surface area contributed by atoms with Gasteiger partial charge in [-0.15, -0.1) is 0 Å². The van der Waals surface area contributed by atoms with Gasteiger partial charge in [-0.2, -0.15) is 5.10 Å². The Morgan fingerprint density at radius 1 is 1.43 bits per heavy atom. The van der Waals surface area contributed by atoms with E-state index in [1.165, 1.54) is 0 Å². The smallest absolute Gasteiger partial charge is 0.368 e. The summed E-state index contributed by atoms with van der Waals surface area (Å²) in [6, 6.07) is 6.78. The first kappa shape index (κ1) is 10.8. The SMILES string of the molecule is O=C(O)C(Cl)=NNc1ccccc1Cl. The molecule has 0 aliphatic carbocycles. The number of halogens is 2. The van der Waals surface area contributed by atoms with Crippen LogP contribution in [0.15, 0.2) is 29.4 Å². The molecule has 1 aromatic rings. The molecule has 0 fully saturated rings. The summed E-state index contributed by atoms with van der Waals surface area (Å²) in [4.78, 5) is 10.3.